The van der Waals surface area contributed by atoms with Gasteiger partial charge in [0.25, 0.3) is 5.56 Å². The second kappa shape index (κ2) is 4.73. The lowest BCUT2D eigenvalue weighted by Gasteiger charge is -2.30. The fraction of sp³-hybridized carbons (Fsp3) is 0.733. The molecule has 0 aromatic carbocycles. The first kappa shape index (κ1) is 14.1. The lowest BCUT2D eigenvalue weighted by atomic mass is 9.86. The van der Waals surface area contributed by atoms with Crippen molar-refractivity contribution >= 4 is 5.95 Å². The molecule has 2 saturated carbocycles. The molecule has 22 heavy (non-hydrogen) atoms. The summed E-state index contributed by atoms with van der Waals surface area (Å²) in [6.07, 6.45) is 0.122. The topological polar surface area (TPSA) is 46.9 Å². The predicted octanol–water partition coefficient (Wildman–Crippen LogP) is 2.89. The van der Waals surface area contributed by atoms with Gasteiger partial charge >= 0.3 is 6.18 Å². The van der Waals surface area contributed by atoms with Gasteiger partial charge in [-0.25, -0.2) is 4.98 Å². The second-order valence-corrected chi connectivity index (χ2v) is 6.80. The first-order chi connectivity index (χ1) is 10.4. The summed E-state index contributed by atoms with van der Waals surface area (Å²) < 4.78 is 40.0. The maximum absolute atomic E-state index is 12.9. The van der Waals surface area contributed by atoms with Crippen LogP contribution >= 0.6 is 0 Å². The summed E-state index contributed by atoms with van der Waals surface area (Å²) in [6, 6.07) is -0.0838. The minimum absolute atomic E-state index is 0.0648. The van der Waals surface area contributed by atoms with E-state index in [2.05, 4.69) is 10.3 Å². The molecule has 4 nitrogen and oxygen atoms in total. The summed E-state index contributed by atoms with van der Waals surface area (Å²) in [6.45, 7) is 0.0648. The van der Waals surface area contributed by atoms with Crippen molar-refractivity contribution in [3.05, 3.63) is 22.1 Å². The van der Waals surface area contributed by atoms with Crippen LogP contribution in [0.15, 0.2) is 10.9 Å². The standard InChI is InChI=1S/C15H18F3N3O/c16-15(17,18)12-3-4-21-13(22)7-11(19-14(21)20-12)10-6-8-1-2-9(10)5-8/h7-10,12H,1-6H2,(H,19,20). The second-order valence-electron chi connectivity index (χ2n) is 6.80. The van der Waals surface area contributed by atoms with Crippen LogP contribution in [-0.2, 0) is 6.54 Å². The number of nitrogens with zero attached hydrogens (tertiary/aromatic N) is 2. The Labute approximate surface area is 125 Å². The van der Waals surface area contributed by atoms with E-state index < -0.39 is 12.2 Å². The van der Waals surface area contributed by atoms with Crippen LogP contribution in [0.1, 0.15) is 43.7 Å². The Bertz CT molecular complexity index is 654. The molecule has 0 spiro atoms. The van der Waals surface area contributed by atoms with Gasteiger partial charge in [-0.15, -0.1) is 0 Å². The Kier molecular flexibility index (Phi) is 3.03. The fourth-order valence-electron chi connectivity index (χ4n) is 4.38. The molecular formula is C15H18F3N3O. The normalized spacial score (nSPS) is 33.6. The number of alkyl halides is 3. The van der Waals surface area contributed by atoms with Gasteiger partial charge in [-0.3, -0.25) is 9.36 Å². The molecule has 2 bridgehead atoms. The van der Waals surface area contributed by atoms with Crippen LogP contribution in [0.3, 0.4) is 0 Å². The number of halogens is 3. The third-order valence-electron chi connectivity index (χ3n) is 5.49. The van der Waals surface area contributed by atoms with Crippen molar-refractivity contribution < 1.29 is 13.2 Å². The molecule has 120 valence electrons. The van der Waals surface area contributed by atoms with Crippen molar-refractivity contribution in [3.63, 3.8) is 0 Å². The third-order valence-corrected chi connectivity index (χ3v) is 5.49. The molecule has 1 aromatic heterocycles. The number of aromatic nitrogens is 2. The quantitative estimate of drug-likeness (QED) is 0.867. The first-order valence-electron chi connectivity index (χ1n) is 7.87. The average molecular weight is 313 g/mol. The molecule has 0 saturated heterocycles. The molecule has 3 aliphatic rings. The molecule has 2 heterocycles. The number of hydrogen-bond donors (Lipinski definition) is 1. The van der Waals surface area contributed by atoms with Crippen molar-refractivity contribution in [2.75, 3.05) is 5.32 Å². The SMILES string of the molecule is O=c1cc(C2CC3CCC2C3)nc2n1CCC(C(F)(F)F)N2. The largest absolute Gasteiger partial charge is 0.408 e. The Balaban J connectivity index is 1.67. The van der Waals surface area contributed by atoms with E-state index in [-0.39, 0.29) is 30.4 Å². The van der Waals surface area contributed by atoms with Crippen LogP contribution in [0.2, 0.25) is 0 Å². The van der Waals surface area contributed by atoms with E-state index >= 15 is 0 Å². The van der Waals surface area contributed by atoms with E-state index in [4.69, 9.17) is 0 Å². The summed E-state index contributed by atoms with van der Waals surface area (Å²) in [5.41, 5.74) is 0.440. The van der Waals surface area contributed by atoms with Crippen molar-refractivity contribution in [2.24, 2.45) is 11.8 Å². The van der Waals surface area contributed by atoms with Gasteiger partial charge in [-0.1, -0.05) is 6.42 Å². The summed E-state index contributed by atoms with van der Waals surface area (Å²) in [5.74, 6) is 1.57. The van der Waals surface area contributed by atoms with Gasteiger partial charge in [0, 0.05) is 18.5 Å². The molecule has 4 unspecified atom stereocenters. The summed E-state index contributed by atoms with van der Waals surface area (Å²) >= 11 is 0. The third kappa shape index (κ3) is 2.21. The van der Waals surface area contributed by atoms with Gasteiger partial charge in [0.2, 0.25) is 5.95 Å². The van der Waals surface area contributed by atoms with Crippen LogP contribution in [0.25, 0.3) is 0 Å². The first-order valence-corrected chi connectivity index (χ1v) is 7.87. The van der Waals surface area contributed by atoms with E-state index in [1.165, 1.54) is 23.5 Å². The van der Waals surface area contributed by atoms with Gasteiger partial charge in [0.1, 0.15) is 6.04 Å². The molecule has 7 heteroatoms. The smallest absolute Gasteiger partial charge is 0.344 e. The van der Waals surface area contributed by atoms with Crippen LogP contribution in [0.5, 0.6) is 0 Å². The number of nitrogens with one attached hydrogen (secondary N) is 1. The summed E-state index contributed by atoms with van der Waals surface area (Å²) in [7, 11) is 0. The molecule has 1 N–H and O–H groups in total. The van der Waals surface area contributed by atoms with E-state index in [1.807, 2.05) is 0 Å². The van der Waals surface area contributed by atoms with Crippen LogP contribution in [-0.4, -0.2) is 21.8 Å². The highest BCUT2D eigenvalue weighted by atomic mass is 19.4. The number of rotatable bonds is 1. The molecule has 2 fully saturated rings. The van der Waals surface area contributed by atoms with Crippen LogP contribution in [0, 0.1) is 11.8 Å². The zero-order valence-electron chi connectivity index (χ0n) is 12.1. The van der Waals surface area contributed by atoms with E-state index in [0.717, 1.165) is 12.8 Å². The minimum atomic E-state index is -4.31. The van der Waals surface area contributed by atoms with E-state index in [9.17, 15) is 18.0 Å². The zero-order valence-corrected chi connectivity index (χ0v) is 12.1. The molecule has 4 rings (SSSR count). The lowest BCUT2D eigenvalue weighted by Crippen LogP contribution is -2.44. The fourth-order valence-corrected chi connectivity index (χ4v) is 4.38. The molecular weight excluding hydrogens is 295 g/mol. The Hall–Kier alpha value is -1.53. The highest BCUT2D eigenvalue weighted by Gasteiger charge is 2.43. The zero-order chi connectivity index (χ0) is 15.5. The number of fused-ring (bicyclic) bond motifs is 3. The molecule has 0 radical (unpaired) electrons. The van der Waals surface area contributed by atoms with Gasteiger partial charge in [-0.2, -0.15) is 13.2 Å². The Morgan fingerprint density at radius 2 is 2.05 bits per heavy atom. The van der Waals surface area contributed by atoms with Crippen LogP contribution < -0.4 is 10.9 Å². The van der Waals surface area contributed by atoms with E-state index in [0.29, 0.717) is 17.5 Å². The van der Waals surface area contributed by atoms with E-state index in [1.54, 1.807) is 0 Å². The van der Waals surface area contributed by atoms with Gasteiger partial charge in [0.05, 0.1) is 5.69 Å². The highest BCUT2D eigenvalue weighted by molar-refractivity contribution is 5.33. The van der Waals surface area contributed by atoms with Crippen molar-refractivity contribution in [1.29, 1.82) is 0 Å². The van der Waals surface area contributed by atoms with Crippen molar-refractivity contribution in [2.45, 2.75) is 56.8 Å². The minimum Gasteiger partial charge on any atom is -0.344 e. The summed E-state index contributed by atoms with van der Waals surface area (Å²) in [5, 5.41) is 2.41. The number of anilines is 1. The van der Waals surface area contributed by atoms with Gasteiger partial charge in [-0.05, 0) is 37.5 Å². The maximum atomic E-state index is 12.9. The maximum Gasteiger partial charge on any atom is 0.408 e. The highest BCUT2D eigenvalue weighted by Crippen LogP contribution is 2.52. The summed E-state index contributed by atoms with van der Waals surface area (Å²) in [4.78, 5) is 16.6. The lowest BCUT2D eigenvalue weighted by molar-refractivity contribution is -0.145. The predicted molar refractivity (Wildman–Crippen MR) is 74.8 cm³/mol. The monoisotopic (exact) mass is 313 g/mol. The van der Waals surface area contributed by atoms with Gasteiger partial charge < -0.3 is 5.32 Å². The van der Waals surface area contributed by atoms with Crippen molar-refractivity contribution in [3.8, 4) is 0 Å². The average Bonchev–Trinajstić information content (AvgIpc) is 3.08. The van der Waals surface area contributed by atoms with Crippen molar-refractivity contribution in [1.82, 2.24) is 9.55 Å². The Morgan fingerprint density at radius 1 is 1.23 bits per heavy atom. The molecule has 1 aliphatic heterocycles. The molecule has 1 aromatic rings. The molecule has 0 amide bonds. The van der Waals surface area contributed by atoms with Crippen LogP contribution in [0.4, 0.5) is 19.1 Å². The molecule has 4 atom stereocenters. The number of hydrogen-bond acceptors (Lipinski definition) is 3. The van der Waals surface area contributed by atoms with Gasteiger partial charge in [0.15, 0.2) is 0 Å². The molecule has 2 aliphatic carbocycles. The Morgan fingerprint density at radius 3 is 2.68 bits per heavy atom.